The molecule has 1 aromatic rings. The van der Waals surface area contributed by atoms with Gasteiger partial charge in [0.05, 0.1) is 0 Å². The van der Waals surface area contributed by atoms with Crippen LogP contribution in [0, 0.1) is 0 Å². The molecule has 0 atom stereocenters. The number of nitrogens with one attached hydrogen (secondary N) is 2. The molecule has 0 aliphatic rings. The lowest BCUT2D eigenvalue weighted by atomic mass is 10.2. The Labute approximate surface area is 132 Å². The van der Waals surface area contributed by atoms with Crippen molar-refractivity contribution in [2.75, 3.05) is 30.4 Å². The average Bonchev–Trinajstić information content (AvgIpc) is 2.47. The summed E-state index contributed by atoms with van der Waals surface area (Å²) in [6.45, 7) is 3.02. The minimum atomic E-state index is -3.49. The molecular formula is C14H25N3O2S2. The van der Waals surface area contributed by atoms with Gasteiger partial charge in [0.25, 0.3) is 0 Å². The molecule has 0 fully saturated rings. The molecule has 1 heterocycles. The van der Waals surface area contributed by atoms with Gasteiger partial charge in [-0.15, -0.1) is 0 Å². The molecule has 0 bridgehead atoms. The summed E-state index contributed by atoms with van der Waals surface area (Å²) in [6, 6.07) is 3.21. The molecule has 1 rings (SSSR count). The Morgan fingerprint density at radius 3 is 2.71 bits per heavy atom. The zero-order chi connectivity index (χ0) is 15.6. The van der Waals surface area contributed by atoms with Crippen LogP contribution < -0.4 is 10.0 Å². The van der Waals surface area contributed by atoms with Crippen molar-refractivity contribution in [3.05, 3.63) is 18.3 Å². The molecule has 0 saturated heterocycles. The van der Waals surface area contributed by atoms with Gasteiger partial charge in [-0.1, -0.05) is 12.8 Å². The van der Waals surface area contributed by atoms with E-state index in [9.17, 15) is 8.42 Å². The van der Waals surface area contributed by atoms with E-state index in [1.807, 2.05) is 18.7 Å². The first kappa shape index (κ1) is 18.3. The second kappa shape index (κ2) is 10.0. The fraction of sp³-hybridized carbons (Fsp3) is 0.643. The first-order chi connectivity index (χ1) is 10.1. The van der Waals surface area contributed by atoms with Crippen molar-refractivity contribution in [1.29, 1.82) is 0 Å². The Hall–Kier alpha value is -0.790. The average molecular weight is 332 g/mol. The maximum Gasteiger partial charge on any atom is 0.244 e. The summed E-state index contributed by atoms with van der Waals surface area (Å²) < 4.78 is 27.2. The van der Waals surface area contributed by atoms with Gasteiger partial charge in [-0.3, -0.25) is 0 Å². The summed E-state index contributed by atoms with van der Waals surface area (Å²) in [4.78, 5) is 4.30. The molecule has 0 unspecified atom stereocenters. The van der Waals surface area contributed by atoms with Crippen LogP contribution in [0.1, 0.15) is 32.6 Å². The Bertz CT molecular complexity index is 507. The molecule has 0 radical (unpaired) electrons. The highest BCUT2D eigenvalue weighted by molar-refractivity contribution is 7.98. The third-order valence-corrected chi connectivity index (χ3v) is 5.16. The minimum Gasteiger partial charge on any atom is -0.369 e. The molecule has 1 aromatic heterocycles. The molecule has 0 aliphatic heterocycles. The van der Waals surface area contributed by atoms with Crippen LogP contribution in [-0.2, 0) is 10.0 Å². The van der Waals surface area contributed by atoms with Crippen LogP contribution in [0.5, 0.6) is 0 Å². The summed E-state index contributed by atoms with van der Waals surface area (Å²) in [6.07, 6.45) is 7.95. The van der Waals surface area contributed by atoms with Crippen molar-refractivity contribution in [3.8, 4) is 0 Å². The second-order valence-corrected chi connectivity index (χ2v) is 7.41. The lowest BCUT2D eigenvalue weighted by Gasteiger charge is -2.11. The normalized spacial score (nSPS) is 11.5. The van der Waals surface area contributed by atoms with Crippen LogP contribution in [0.4, 0.5) is 5.82 Å². The van der Waals surface area contributed by atoms with Crippen molar-refractivity contribution < 1.29 is 8.42 Å². The number of thioether (sulfide) groups is 1. The number of unbranched alkanes of at least 4 members (excludes halogenated alkanes) is 3. The van der Waals surface area contributed by atoms with E-state index in [0.717, 1.165) is 19.3 Å². The smallest absolute Gasteiger partial charge is 0.244 e. The fourth-order valence-corrected chi connectivity index (χ4v) is 3.62. The van der Waals surface area contributed by atoms with E-state index in [4.69, 9.17) is 0 Å². The summed E-state index contributed by atoms with van der Waals surface area (Å²) in [5.41, 5.74) is 0. The number of sulfonamides is 1. The fourth-order valence-electron chi connectivity index (χ4n) is 1.92. The van der Waals surface area contributed by atoms with E-state index in [1.165, 1.54) is 12.2 Å². The Balaban J connectivity index is 2.46. The maximum atomic E-state index is 12.3. The molecule has 0 amide bonds. The first-order valence-corrected chi connectivity index (χ1v) is 10.2. The Morgan fingerprint density at radius 2 is 2.00 bits per heavy atom. The van der Waals surface area contributed by atoms with Gasteiger partial charge in [0.2, 0.25) is 10.0 Å². The predicted molar refractivity (Wildman–Crippen MR) is 90.4 cm³/mol. The zero-order valence-corrected chi connectivity index (χ0v) is 14.4. The van der Waals surface area contributed by atoms with Gasteiger partial charge in [-0.05, 0) is 43.9 Å². The third-order valence-electron chi connectivity index (χ3n) is 2.97. The zero-order valence-electron chi connectivity index (χ0n) is 12.8. The number of pyridine rings is 1. The highest BCUT2D eigenvalue weighted by Crippen LogP contribution is 2.17. The molecule has 0 aliphatic carbocycles. The van der Waals surface area contributed by atoms with Crippen LogP contribution in [0.25, 0.3) is 0 Å². The van der Waals surface area contributed by atoms with E-state index < -0.39 is 10.0 Å². The number of nitrogens with zero attached hydrogens (tertiary/aromatic N) is 1. The van der Waals surface area contributed by atoms with Gasteiger partial charge in [0.1, 0.15) is 10.7 Å². The molecule has 5 nitrogen and oxygen atoms in total. The first-order valence-electron chi connectivity index (χ1n) is 7.29. The maximum absolute atomic E-state index is 12.3. The third kappa shape index (κ3) is 6.67. The lowest BCUT2D eigenvalue weighted by Crippen LogP contribution is -2.26. The quantitative estimate of drug-likeness (QED) is 0.610. The van der Waals surface area contributed by atoms with E-state index in [-0.39, 0.29) is 4.90 Å². The Morgan fingerprint density at radius 1 is 1.24 bits per heavy atom. The van der Waals surface area contributed by atoms with Crippen molar-refractivity contribution in [2.24, 2.45) is 0 Å². The molecule has 0 saturated carbocycles. The van der Waals surface area contributed by atoms with Crippen LogP contribution in [0.2, 0.25) is 0 Å². The molecule has 120 valence electrons. The van der Waals surface area contributed by atoms with E-state index in [2.05, 4.69) is 21.3 Å². The second-order valence-electron chi connectivity index (χ2n) is 4.69. The molecular weight excluding hydrogens is 306 g/mol. The SMILES string of the molecule is CCNc1ncccc1S(=O)(=O)NCCCCCCSC. The van der Waals surface area contributed by atoms with Crippen molar-refractivity contribution in [2.45, 2.75) is 37.5 Å². The summed E-state index contributed by atoms with van der Waals surface area (Å²) in [5.74, 6) is 1.58. The summed E-state index contributed by atoms with van der Waals surface area (Å²) >= 11 is 1.85. The highest BCUT2D eigenvalue weighted by atomic mass is 32.2. The van der Waals surface area contributed by atoms with E-state index in [1.54, 1.807) is 18.3 Å². The standard InChI is InChI=1S/C14H25N3O2S2/c1-3-15-14-13(9-8-10-16-14)21(18,19)17-11-6-4-5-7-12-20-2/h8-10,17H,3-7,11-12H2,1-2H3,(H,15,16). The van der Waals surface area contributed by atoms with E-state index >= 15 is 0 Å². The molecule has 0 spiro atoms. The minimum absolute atomic E-state index is 0.217. The predicted octanol–water partition coefficient (Wildman–Crippen LogP) is 2.72. The Kier molecular flexibility index (Phi) is 8.72. The molecule has 2 N–H and O–H groups in total. The number of rotatable bonds is 11. The monoisotopic (exact) mass is 331 g/mol. The van der Waals surface area contributed by atoms with Crippen molar-refractivity contribution in [1.82, 2.24) is 9.71 Å². The lowest BCUT2D eigenvalue weighted by molar-refractivity contribution is 0.574. The van der Waals surface area contributed by atoms with Crippen molar-refractivity contribution >= 4 is 27.6 Å². The molecule has 7 heteroatoms. The van der Waals surface area contributed by atoms with Crippen molar-refractivity contribution in [3.63, 3.8) is 0 Å². The van der Waals surface area contributed by atoms with Gasteiger partial charge in [-0.25, -0.2) is 18.1 Å². The number of hydrogen-bond acceptors (Lipinski definition) is 5. The van der Waals surface area contributed by atoms with Gasteiger partial charge in [0.15, 0.2) is 0 Å². The van der Waals surface area contributed by atoms with Gasteiger partial charge in [-0.2, -0.15) is 11.8 Å². The van der Waals surface area contributed by atoms with Crippen LogP contribution in [-0.4, -0.2) is 38.5 Å². The number of aromatic nitrogens is 1. The van der Waals surface area contributed by atoms with Gasteiger partial charge < -0.3 is 5.32 Å². The number of hydrogen-bond donors (Lipinski definition) is 2. The molecule has 21 heavy (non-hydrogen) atoms. The van der Waals surface area contributed by atoms with Crippen LogP contribution in [0.15, 0.2) is 23.2 Å². The topological polar surface area (TPSA) is 71.1 Å². The van der Waals surface area contributed by atoms with Crippen LogP contribution in [0.3, 0.4) is 0 Å². The largest absolute Gasteiger partial charge is 0.369 e. The number of anilines is 1. The van der Waals surface area contributed by atoms with E-state index in [0.29, 0.717) is 18.9 Å². The van der Waals surface area contributed by atoms with Gasteiger partial charge in [0, 0.05) is 19.3 Å². The van der Waals surface area contributed by atoms with Gasteiger partial charge >= 0.3 is 0 Å². The summed E-state index contributed by atoms with van der Waals surface area (Å²) in [5, 5.41) is 2.97. The molecule has 0 aromatic carbocycles. The highest BCUT2D eigenvalue weighted by Gasteiger charge is 2.18. The summed E-state index contributed by atoms with van der Waals surface area (Å²) in [7, 11) is -3.49. The van der Waals surface area contributed by atoms with Crippen LogP contribution >= 0.6 is 11.8 Å².